The smallest absolute Gasteiger partial charge is 0.215 e. The van der Waals surface area contributed by atoms with E-state index in [-0.39, 0.29) is 5.82 Å². The molecule has 0 saturated heterocycles. The summed E-state index contributed by atoms with van der Waals surface area (Å²) < 4.78 is 15.7. The Kier molecular flexibility index (Phi) is 4.45. The first-order valence-electron chi connectivity index (χ1n) is 10.9. The molecule has 30 heavy (non-hydrogen) atoms. The Bertz CT molecular complexity index is 1130. The molecule has 0 N–H and O–H groups in total. The average molecular weight is 418 g/mol. The highest BCUT2D eigenvalue weighted by molar-refractivity contribution is 7.07. The van der Waals surface area contributed by atoms with E-state index >= 15 is 0 Å². The minimum atomic E-state index is -0.233. The Morgan fingerprint density at radius 2 is 1.47 bits per heavy atom. The van der Waals surface area contributed by atoms with Gasteiger partial charge in [-0.05, 0) is 85.6 Å². The van der Waals surface area contributed by atoms with Gasteiger partial charge in [0, 0.05) is 16.8 Å². The molecule has 2 aromatic carbocycles. The normalized spacial score (nSPS) is 27.6. The number of aromatic nitrogens is 1. The molecule has 4 aliphatic carbocycles. The van der Waals surface area contributed by atoms with Crippen LogP contribution in [0.1, 0.15) is 32.1 Å². The number of halogens is 1. The van der Waals surface area contributed by atoms with Gasteiger partial charge in [-0.2, -0.15) is 5.10 Å². The molecule has 0 radical (unpaired) electrons. The van der Waals surface area contributed by atoms with Crippen LogP contribution < -0.4 is 4.80 Å². The van der Waals surface area contributed by atoms with Crippen molar-refractivity contribution in [2.24, 2.45) is 33.9 Å². The number of benzene rings is 2. The van der Waals surface area contributed by atoms with Crippen LogP contribution in [0.25, 0.3) is 16.9 Å². The first kappa shape index (κ1) is 18.3. The van der Waals surface area contributed by atoms with E-state index in [0.29, 0.717) is 11.8 Å². The third kappa shape index (κ3) is 3.16. The summed E-state index contributed by atoms with van der Waals surface area (Å²) in [6.45, 7) is 0. The van der Waals surface area contributed by atoms with Gasteiger partial charge in [0.05, 0.1) is 5.69 Å². The van der Waals surface area contributed by atoms with Crippen LogP contribution in [-0.2, 0) is 0 Å². The quantitative estimate of drug-likeness (QED) is 0.464. The van der Waals surface area contributed by atoms with Crippen LogP contribution in [-0.4, -0.2) is 10.3 Å². The Balaban J connectivity index is 1.46. The van der Waals surface area contributed by atoms with Crippen molar-refractivity contribution in [1.82, 2.24) is 4.57 Å². The Labute approximate surface area is 179 Å². The minimum absolute atomic E-state index is 0.233. The standard InChI is InChI=1S/C25H24FN3S/c26-21-6-8-22(9-7-21)29-23(18-4-2-1-3-5-18)15-30-25(29)28-27-24-19-11-16-10-17(13-19)14-20(24)12-16/h1-9,15-17,19-20H,10-14H2/b27-24?,28-25+. The van der Waals surface area contributed by atoms with Crippen molar-refractivity contribution in [3.8, 4) is 16.9 Å². The van der Waals surface area contributed by atoms with Crippen molar-refractivity contribution in [2.45, 2.75) is 32.1 Å². The number of nitrogens with zero attached hydrogens (tertiary/aromatic N) is 3. The fourth-order valence-corrected chi connectivity index (χ4v) is 6.82. The van der Waals surface area contributed by atoms with Crippen LogP contribution in [0.15, 0.2) is 70.2 Å². The molecular weight excluding hydrogens is 393 g/mol. The summed E-state index contributed by atoms with van der Waals surface area (Å²) in [5.74, 6) is 2.88. The molecule has 0 amide bonds. The summed E-state index contributed by atoms with van der Waals surface area (Å²) in [6.07, 6.45) is 6.66. The second kappa shape index (κ2) is 7.31. The van der Waals surface area contributed by atoms with E-state index in [4.69, 9.17) is 10.2 Å². The molecule has 4 saturated carbocycles. The molecule has 0 aliphatic heterocycles. The molecule has 4 fully saturated rings. The fourth-order valence-electron chi connectivity index (χ4n) is 5.96. The van der Waals surface area contributed by atoms with Gasteiger partial charge in [-0.1, -0.05) is 30.3 Å². The summed E-state index contributed by atoms with van der Waals surface area (Å²) in [5, 5.41) is 11.8. The molecule has 152 valence electrons. The monoisotopic (exact) mass is 417 g/mol. The largest absolute Gasteiger partial charge is 0.284 e. The number of hydrogen-bond acceptors (Lipinski definition) is 3. The second-order valence-electron chi connectivity index (χ2n) is 9.01. The third-order valence-corrected chi connectivity index (χ3v) is 7.90. The summed E-state index contributed by atoms with van der Waals surface area (Å²) in [7, 11) is 0. The molecular formula is C25H24FN3S. The van der Waals surface area contributed by atoms with Crippen LogP contribution >= 0.6 is 11.3 Å². The zero-order chi connectivity index (χ0) is 20.1. The van der Waals surface area contributed by atoms with Gasteiger partial charge in [-0.25, -0.2) is 4.39 Å². The summed E-state index contributed by atoms with van der Waals surface area (Å²) in [4.78, 5) is 0.835. The zero-order valence-corrected chi connectivity index (χ0v) is 17.6. The van der Waals surface area contributed by atoms with Gasteiger partial charge in [-0.15, -0.1) is 16.4 Å². The lowest BCUT2D eigenvalue weighted by atomic mass is 9.55. The summed E-state index contributed by atoms with van der Waals surface area (Å²) >= 11 is 1.59. The van der Waals surface area contributed by atoms with E-state index in [0.717, 1.165) is 33.6 Å². The second-order valence-corrected chi connectivity index (χ2v) is 9.85. The lowest BCUT2D eigenvalue weighted by Gasteiger charge is -2.50. The maximum atomic E-state index is 13.6. The van der Waals surface area contributed by atoms with Crippen LogP contribution in [0.4, 0.5) is 4.39 Å². The van der Waals surface area contributed by atoms with E-state index < -0.39 is 0 Å². The maximum Gasteiger partial charge on any atom is 0.215 e. The maximum absolute atomic E-state index is 13.6. The highest BCUT2D eigenvalue weighted by Gasteiger charge is 2.46. The molecule has 5 heteroatoms. The highest BCUT2D eigenvalue weighted by atomic mass is 32.1. The van der Waals surface area contributed by atoms with Gasteiger partial charge in [0.25, 0.3) is 0 Å². The molecule has 3 aromatic rings. The predicted octanol–water partition coefficient (Wildman–Crippen LogP) is 6.06. The molecule has 0 unspecified atom stereocenters. The van der Waals surface area contributed by atoms with E-state index in [1.807, 2.05) is 30.3 Å². The van der Waals surface area contributed by atoms with Gasteiger partial charge in [0.15, 0.2) is 0 Å². The van der Waals surface area contributed by atoms with Crippen LogP contribution in [0.5, 0.6) is 0 Å². The van der Waals surface area contributed by atoms with Gasteiger partial charge in [-0.3, -0.25) is 4.57 Å². The van der Waals surface area contributed by atoms with Crippen molar-refractivity contribution >= 4 is 17.0 Å². The SMILES string of the molecule is Fc1ccc(-n2c(-c3ccccc3)cs/c2=N/N=C2C3CC4CC(C3)CC2C4)cc1. The average Bonchev–Trinajstić information content (AvgIpc) is 3.18. The Morgan fingerprint density at radius 3 is 2.13 bits per heavy atom. The first-order valence-corrected chi connectivity index (χ1v) is 11.8. The van der Waals surface area contributed by atoms with E-state index in [2.05, 4.69) is 22.1 Å². The molecule has 0 spiro atoms. The fraction of sp³-hybridized carbons (Fsp3) is 0.360. The van der Waals surface area contributed by atoms with Gasteiger partial charge in [0.2, 0.25) is 4.80 Å². The summed E-state index contributed by atoms with van der Waals surface area (Å²) in [6, 6.07) is 16.9. The van der Waals surface area contributed by atoms with Crippen molar-refractivity contribution in [3.63, 3.8) is 0 Å². The molecule has 4 aliphatic rings. The highest BCUT2D eigenvalue weighted by Crippen LogP contribution is 2.52. The van der Waals surface area contributed by atoms with Crippen LogP contribution in [0.2, 0.25) is 0 Å². The molecule has 1 heterocycles. The molecule has 0 atom stereocenters. The molecule has 4 bridgehead atoms. The number of hydrogen-bond donors (Lipinski definition) is 0. The lowest BCUT2D eigenvalue weighted by molar-refractivity contribution is 0.108. The minimum Gasteiger partial charge on any atom is -0.284 e. The van der Waals surface area contributed by atoms with Crippen molar-refractivity contribution in [3.05, 3.63) is 70.6 Å². The van der Waals surface area contributed by atoms with E-state index in [1.165, 1.54) is 49.9 Å². The van der Waals surface area contributed by atoms with Crippen LogP contribution in [0.3, 0.4) is 0 Å². The van der Waals surface area contributed by atoms with Crippen LogP contribution in [0, 0.1) is 29.5 Å². The molecule has 1 aromatic heterocycles. The third-order valence-electron chi connectivity index (χ3n) is 7.09. The van der Waals surface area contributed by atoms with Gasteiger partial charge >= 0.3 is 0 Å². The number of rotatable bonds is 3. The van der Waals surface area contributed by atoms with E-state index in [9.17, 15) is 4.39 Å². The Morgan fingerprint density at radius 1 is 0.800 bits per heavy atom. The lowest BCUT2D eigenvalue weighted by Crippen LogP contribution is -2.45. The van der Waals surface area contributed by atoms with Gasteiger partial charge < -0.3 is 0 Å². The van der Waals surface area contributed by atoms with E-state index in [1.54, 1.807) is 11.3 Å². The van der Waals surface area contributed by atoms with Crippen molar-refractivity contribution in [2.75, 3.05) is 0 Å². The first-order chi connectivity index (χ1) is 14.7. The predicted molar refractivity (Wildman–Crippen MR) is 119 cm³/mol. The number of thiazole rings is 1. The van der Waals surface area contributed by atoms with Crippen molar-refractivity contribution < 1.29 is 4.39 Å². The summed E-state index contributed by atoms with van der Waals surface area (Å²) in [5.41, 5.74) is 4.40. The molecule has 3 nitrogen and oxygen atoms in total. The van der Waals surface area contributed by atoms with Crippen molar-refractivity contribution in [1.29, 1.82) is 0 Å². The Hall–Kier alpha value is -2.53. The van der Waals surface area contributed by atoms with Gasteiger partial charge in [0.1, 0.15) is 5.82 Å². The topological polar surface area (TPSA) is 29.6 Å². The molecule has 7 rings (SSSR count). The zero-order valence-electron chi connectivity index (χ0n) is 16.7.